The minimum Gasteiger partial charge on any atom is -0.493 e. The molecule has 1 saturated carbocycles. The fraction of sp³-hybridized carbons (Fsp3) is 0.368. The number of ether oxygens (including phenoxy) is 4. The number of piperidine rings is 1. The summed E-state index contributed by atoms with van der Waals surface area (Å²) in [6.07, 6.45) is 1.46. The zero-order valence-electron chi connectivity index (χ0n) is 25.5. The Hall–Kier alpha value is -3.62. The van der Waals surface area contributed by atoms with Gasteiger partial charge in [0.15, 0.2) is 0 Å². The summed E-state index contributed by atoms with van der Waals surface area (Å²) in [6, 6.07) is 32.8. The smallest absolute Gasteiger partial charge is 0.133 e. The molecule has 5 nitrogen and oxygen atoms in total. The van der Waals surface area contributed by atoms with Crippen LogP contribution in [-0.2, 0) is 40.5 Å². The number of likely N-dealkylation sites (tertiary alicyclic amines) is 1. The maximum Gasteiger partial charge on any atom is 0.133 e. The van der Waals surface area contributed by atoms with E-state index in [1.54, 1.807) is 0 Å². The van der Waals surface area contributed by atoms with Crippen molar-refractivity contribution >= 4 is 0 Å². The van der Waals surface area contributed by atoms with Gasteiger partial charge in [-0.25, -0.2) is 8.78 Å². The van der Waals surface area contributed by atoms with Gasteiger partial charge in [-0.3, -0.25) is 4.90 Å². The number of halogens is 2. The summed E-state index contributed by atoms with van der Waals surface area (Å²) in [7, 11) is 0. The predicted molar refractivity (Wildman–Crippen MR) is 170 cm³/mol. The Morgan fingerprint density at radius 1 is 0.622 bits per heavy atom. The molecule has 0 bridgehead atoms. The molecule has 0 N–H and O–H groups in total. The summed E-state index contributed by atoms with van der Waals surface area (Å²) in [6.45, 7) is 3.30. The number of hydrogen-bond acceptors (Lipinski definition) is 5. The Morgan fingerprint density at radius 2 is 1.09 bits per heavy atom. The van der Waals surface area contributed by atoms with Crippen LogP contribution in [0.2, 0.25) is 0 Å². The van der Waals surface area contributed by atoms with Crippen molar-refractivity contribution in [3.05, 3.63) is 137 Å². The molecule has 1 aliphatic heterocycles. The standard InChI is InChI=1S/C38H41F2NO4/c39-34-20-32(42-24-31-16-17-31)21-35(40)33(34)18-19-41-22-36(43-25-28-10-4-1-5-11-28)38(45-27-30-14-8-3-9-15-30)37(23-41)44-26-29-12-6-2-7-13-29/h1-15,20-21,31,36-38H,16-19,22-27H2/t36-,37+,38?. The molecule has 0 radical (unpaired) electrons. The Balaban J connectivity index is 1.18. The van der Waals surface area contributed by atoms with E-state index in [9.17, 15) is 0 Å². The van der Waals surface area contributed by atoms with Crippen molar-refractivity contribution in [2.45, 2.75) is 57.4 Å². The molecule has 7 heteroatoms. The second kappa shape index (κ2) is 15.6. The molecule has 4 aromatic carbocycles. The highest BCUT2D eigenvalue weighted by molar-refractivity contribution is 5.31. The molecule has 2 fully saturated rings. The second-order valence-electron chi connectivity index (χ2n) is 12.1. The van der Waals surface area contributed by atoms with Crippen molar-refractivity contribution < 1.29 is 27.7 Å². The van der Waals surface area contributed by atoms with Crippen molar-refractivity contribution in [2.75, 3.05) is 26.2 Å². The average Bonchev–Trinajstić information content (AvgIpc) is 3.91. The Bertz CT molecular complexity index is 1390. The Labute approximate surface area is 264 Å². The van der Waals surface area contributed by atoms with Crippen molar-refractivity contribution in [1.82, 2.24) is 4.90 Å². The first kappa shape index (κ1) is 31.4. The lowest BCUT2D eigenvalue weighted by Crippen LogP contribution is -2.58. The molecule has 1 heterocycles. The van der Waals surface area contributed by atoms with Gasteiger partial charge < -0.3 is 18.9 Å². The molecule has 0 aromatic heterocycles. The van der Waals surface area contributed by atoms with Gasteiger partial charge in [0.05, 0.1) is 38.6 Å². The highest BCUT2D eigenvalue weighted by Gasteiger charge is 2.39. The van der Waals surface area contributed by atoms with E-state index in [0.29, 0.717) is 52.0 Å². The fourth-order valence-electron chi connectivity index (χ4n) is 5.72. The molecule has 45 heavy (non-hydrogen) atoms. The van der Waals surface area contributed by atoms with Gasteiger partial charge in [0.2, 0.25) is 0 Å². The van der Waals surface area contributed by atoms with Crippen LogP contribution < -0.4 is 4.74 Å². The van der Waals surface area contributed by atoms with Gasteiger partial charge in [0.25, 0.3) is 0 Å². The van der Waals surface area contributed by atoms with E-state index in [0.717, 1.165) is 29.5 Å². The van der Waals surface area contributed by atoms with E-state index in [4.69, 9.17) is 18.9 Å². The molecular weight excluding hydrogens is 572 g/mol. The van der Waals surface area contributed by atoms with Crippen LogP contribution in [0, 0.1) is 17.6 Å². The lowest BCUT2D eigenvalue weighted by Gasteiger charge is -2.43. The lowest BCUT2D eigenvalue weighted by molar-refractivity contribution is -0.184. The summed E-state index contributed by atoms with van der Waals surface area (Å²) in [5.41, 5.74) is 3.26. The van der Waals surface area contributed by atoms with Crippen molar-refractivity contribution in [1.29, 1.82) is 0 Å². The van der Waals surface area contributed by atoms with Crippen LogP contribution in [0.5, 0.6) is 5.75 Å². The van der Waals surface area contributed by atoms with Crippen LogP contribution >= 0.6 is 0 Å². The quantitative estimate of drug-likeness (QED) is 0.140. The molecule has 0 amide bonds. The van der Waals surface area contributed by atoms with Crippen LogP contribution in [0.4, 0.5) is 8.78 Å². The first-order chi connectivity index (χ1) is 22.1. The number of hydrogen-bond donors (Lipinski definition) is 0. The van der Waals surface area contributed by atoms with Crippen LogP contribution in [0.25, 0.3) is 0 Å². The third kappa shape index (κ3) is 9.21. The van der Waals surface area contributed by atoms with Crippen molar-refractivity contribution in [3.8, 4) is 5.75 Å². The maximum absolute atomic E-state index is 15.1. The van der Waals surface area contributed by atoms with Crippen molar-refractivity contribution in [3.63, 3.8) is 0 Å². The van der Waals surface area contributed by atoms with Crippen LogP contribution in [0.1, 0.15) is 35.1 Å². The Morgan fingerprint density at radius 3 is 1.56 bits per heavy atom. The zero-order chi connectivity index (χ0) is 30.8. The highest BCUT2D eigenvalue weighted by Crippen LogP contribution is 2.31. The largest absolute Gasteiger partial charge is 0.493 e. The van der Waals surface area contributed by atoms with E-state index >= 15 is 8.78 Å². The molecular formula is C38H41F2NO4. The molecule has 1 aliphatic carbocycles. The topological polar surface area (TPSA) is 40.2 Å². The molecule has 2 aliphatic rings. The van der Waals surface area contributed by atoms with E-state index in [1.165, 1.54) is 12.1 Å². The lowest BCUT2D eigenvalue weighted by atomic mass is 9.99. The van der Waals surface area contributed by atoms with Gasteiger partial charge in [-0.1, -0.05) is 91.0 Å². The van der Waals surface area contributed by atoms with E-state index in [-0.39, 0.29) is 36.0 Å². The SMILES string of the molecule is Fc1cc(OCC2CC2)cc(F)c1CCN1C[C@H](OCc2ccccc2)C(OCc2ccccc2)[C@H](OCc2ccccc2)C1. The van der Waals surface area contributed by atoms with E-state index in [2.05, 4.69) is 4.90 Å². The third-order valence-corrected chi connectivity index (χ3v) is 8.48. The van der Waals surface area contributed by atoms with Gasteiger partial charge in [0, 0.05) is 37.3 Å². The molecule has 236 valence electrons. The van der Waals surface area contributed by atoms with Crippen molar-refractivity contribution in [2.24, 2.45) is 5.92 Å². The first-order valence-electron chi connectivity index (χ1n) is 15.9. The van der Waals surface area contributed by atoms with Gasteiger partial charge in [-0.05, 0) is 41.9 Å². The molecule has 1 saturated heterocycles. The van der Waals surface area contributed by atoms with Gasteiger partial charge >= 0.3 is 0 Å². The normalized spacial score (nSPS) is 20.3. The van der Waals surface area contributed by atoms with Crippen LogP contribution in [-0.4, -0.2) is 49.5 Å². The summed E-state index contributed by atoms with van der Waals surface area (Å²) in [5, 5.41) is 0. The molecule has 1 unspecified atom stereocenters. The summed E-state index contributed by atoms with van der Waals surface area (Å²) < 4.78 is 55.5. The minimum absolute atomic E-state index is 0.0692. The average molecular weight is 614 g/mol. The van der Waals surface area contributed by atoms with E-state index < -0.39 is 11.6 Å². The number of rotatable bonds is 15. The summed E-state index contributed by atoms with van der Waals surface area (Å²) in [4.78, 5) is 2.17. The Kier molecular flexibility index (Phi) is 10.9. The number of nitrogens with zero attached hydrogens (tertiary/aromatic N) is 1. The molecule has 4 aromatic rings. The maximum atomic E-state index is 15.1. The molecule has 6 rings (SSSR count). The minimum atomic E-state index is -0.573. The predicted octanol–water partition coefficient (Wildman–Crippen LogP) is 7.37. The molecule has 3 atom stereocenters. The number of benzene rings is 4. The fourth-order valence-corrected chi connectivity index (χ4v) is 5.72. The van der Waals surface area contributed by atoms with Gasteiger partial charge in [-0.2, -0.15) is 0 Å². The van der Waals surface area contributed by atoms with Gasteiger partial charge in [-0.15, -0.1) is 0 Å². The van der Waals surface area contributed by atoms with Gasteiger partial charge in [0.1, 0.15) is 23.5 Å². The second-order valence-corrected chi connectivity index (χ2v) is 12.1. The summed E-state index contributed by atoms with van der Waals surface area (Å²) in [5.74, 6) is -0.392. The molecule has 0 spiro atoms. The summed E-state index contributed by atoms with van der Waals surface area (Å²) >= 11 is 0. The van der Waals surface area contributed by atoms with E-state index in [1.807, 2.05) is 91.0 Å². The monoisotopic (exact) mass is 613 g/mol. The first-order valence-corrected chi connectivity index (χ1v) is 15.9. The zero-order valence-corrected chi connectivity index (χ0v) is 25.5. The third-order valence-electron chi connectivity index (χ3n) is 8.48. The highest BCUT2D eigenvalue weighted by atomic mass is 19.1. The van der Waals surface area contributed by atoms with Crippen LogP contribution in [0.15, 0.2) is 103 Å². The van der Waals surface area contributed by atoms with Crippen LogP contribution in [0.3, 0.4) is 0 Å².